The van der Waals surface area contributed by atoms with Crippen LogP contribution in [0.1, 0.15) is 23.2 Å². The number of aliphatic hydroxyl groups is 1. The summed E-state index contributed by atoms with van der Waals surface area (Å²) in [6.07, 6.45) is 3.13. The molecule has 3 heterocycles. The molecular formula is C23H29N3O5. The van der Waals surface area contributed by atoms with Gasteiger partial charge in [-0.15, -0.1) is 0 Å². The average molecular weight is 428 g/mol. The third-order valence-corrected chi connectivity index (χ3v) is 6.75. The zero-order valence-electron chi connectivity index (χ0n) is 17.5. The molecule has 166 valence electrons. The Kier molecular flexibility index (Phi) is 6.80. The minimum Gasteiger partial charge on any atom is -0.483 e. The molecule has 1 aromatic heterocycles. The van der Waals surface area contributed by atoms with E-state index in [0.717, 1.165) is 63.1 Å². The number of benzene rings is 1. The number of ether oxygens (including phenoxy) is 1. The lowest BCUT2D eigenvalue weighted by molar-refractivity contribution is -0.122. The van der Waals surface area contributed by atoms with Crippen molar-refractivity contribution >= 4 is 23.3 Å². The van der Waals surface area contributed by atoms with Gasteiger partial charge in [0.1, 0.15) is 0 Å². The number of carboxylic acid groups (broad SMARTS) is 1. The quantitative estimate of drug-likeness (QED) is 0.700. The van der Waals surface area contributed by atoms with Crippen molar-refractivity contribution in [1.29, 1.82) is 0 Å². The van der Waals surface area contributed by atoms with E-state index in [1.165, 1.54) is 0 Å². The lowest BCUT2D eigenvalue weighted by Gasteiger charge is -2.43. The molecule has 3 aliphatic rings. The number of likely N-dealkylation sites (tertiary alicyclic amines) is 1. The van der Waals surface area contributed by atoms with Crippen molar-refractivity contribution in [2.45, 2.75) is 25.0 Å². The molecule has 8 heteroatoms. The number of aliphatic hydroxyl groups excluding tert-OH is 1. The Morgan fingerprint density at radius 1 is 1.13 bits per heavy atom. The van der Waals surface area contributed by atoms with Crippen LogP contribution in [0.4, 0.5) is 0 Å². The molecule has 2 saturated heterocycles. The number of morpholine rings is 1. The molecule has 1 aromatic carbocycles. The Hall–Kier alpha value is -2.55. The van der Waals surface area contributed by atoms with Gasteiger partial charge in [-0.2, -0.15) is 0 Å². The molecule has 0 bridgehead atoms. The number of para-hydroxylation sites is 1. The van der Waals surface area contributed by atoms with E-state index >= 15 is 0 Å². The zero-order valence-corrected chi connectivity index (χ0v) is 17.5. The van der Waals surface area contributed by atoms with Gasteiger partial charge in [0.15, 0.2) is 0 Å². The molecular weight excluding hydrogens is 398 g/mol. The number of nitrogens with zero attached hydrogens (tertiary/aromatic N) is 3. The minimum absolute atomic E-state index is 0.0602. The number of rotatable bonds is 2. The van der Waals surface area contributed by atoms with Crippen molar-refractivity contribution < 1.29 is 24.5 Å². The van der Waals surface area contributed by atoms with E-state index in [-0.39, 0.29) is 24.5 Å². The number of fused-ring (bicyclic) bond motifs is 2. The Bertz CT molecular complexity index is 917. The molecule has 8 nitrogen and oxygen atoms in total. The maximum atomic E-state index is 13.1. The molecule has 0 unspecified atom stereocenters. The lowest BCUT2D eigenvalue weighted by Crippen LogP contribution is -2.53. The highest BCUT2D eigenvalue weighted by Crippen LogP contribution is 2.39. The number of carbonyl (C=O) groups is 2. The summed E-state index contributed by atoms with van der Waals surface area (Å²) in [5.74, 6) is 0.920. The van der Waals surface area contributed by atoms with E-state index in [1.807, 2.05) is 35.2 Å². The van der Waals surface area contributed by atoms with Crippen molar-refractivity contribution in [3.05, 3.63) is 42.1 Å². The molecule has 4 atom stereocenters. The monoisotopic (exact) mass is 427 g/mol. The van der Waals surface area contributed by atoms with E-state index in [9.17, 15) is 9.90 Å². The Morgan fingerprint density at radius 3 is 2.55 bits per heavy atom. The number of aromatic nitrogens is 1. The second-order valence-electron chi connectivity index (χ2n) is 8.51. The Balaban J connectivity index is 0.000000730. The molecule has 31 heavy (non-hydrogen) atoms. The van der Waals surface area contributed by atoms with Gasteiger partial charge < -0.3 is 19.8 Å². The summed E-state index contributed by atoms with van der Waals surface area (Å²) in [5.41, 5.74) is 1.56. The molecule has 2 aromatic rings. The number of pyridine rings is 1. The summed E-state index contributed by atoms with van der Waals surface area (Å²) >= 11 is 0. The molecule has 5 rings (SSSR count). The van der Waals surface area contributed by atoms with E-state index in [1.54, 1.807) is 6.20 Å². The van der Waals surface area contributed by atoms with Crippen LogP contribution in [0.2, 0.25) is 0 Å². The van der Waals surface area contributed by atoms with E-state index in [4.69, 9.17) is 14.6 Å². The van der Waals surface area contributed by atoms with Crippen LogP contribution >= 0.6 is 0 Å². The molecule has 0 spiro atoms. The summed E-state index contributed by atoms with van der Waals surface area (Å²) < 4.78 is 5.46. The lowest BCUT2D eigenvalue weighted by atomic mass is 9.77. The van der Waals surface area contributed by atoms with Gasteiger partial charge in [-0.25, -0.2) is 0 Å². The zero-order chi connectivity index (χ0) is 21.8. The van der Waals surface area contributed by atoms with Crippen molar-refractivity contribution in [2.75, 3.05) is 39.4 Å². The van der Waals surface area contributed by atoms with Crippen LogP contribution in [-0.2, 0) is 9.53 Å². The van der Waals surface area contributed by atoms with Gasteiger partial charge in [0.25, 0.3) is 12.4 Å². The highest BCUT2D eigenvalue weighted by atomic mass is 16.5. The fraction of sp³-hybridized carbons (Fsp3) is 0.522. The van der Waals surface area contributed by atoms with Crippen molar-refractivity contribution in [2.24, 2.45) is 11.8 Å². The number of carbonyl (C=O) groups excluding carboxylic acids is 1. The summed E-state index contributed by atoms with van der Waals surface area (Å²) in [6.45, 7) is 4.55. The van der Waals surface area contributed by atoms with E-state index in [0.29, 0.717) is 17.4 Å². The van der Waals surface area contributed by atoms with Gasteiger partial charge in [-0.1, -0.05) is 18.2 Å². The predicted molar refractivity (Wildman–Crippen MR) is 115 cm³/mol. The molecule has 1 saturated carbocycles. The largest absolute Gasteiger partial charge is 0.483 e. The first-order valence-corrected chi connectivity index (χ1v) is 10.8. The standard InChI is InChI=1S/C22H27N3O3.CH2O2/c26-21-11-18-14-25(13-17(18)10-20(21)24-5-7-28-8-6-24)22(27)16-9-15-3-1-2-4-19(15)23-12-16;2-1-3/h1-4,9,12,17-18,20-21,26H,5-8,10-11,13-14H2;1H,(H,2,3)/t17-,18+,20-,21-;/m1./s1. The first-order valence-electron chi connectivity index (χ1n) is 10.8. The second kappa shape index (κ2) is 9.72. The first kappa shape index (κ1) is 21.7. The minimum atomic E-state index is -0.309. The predicted octanol–water partition coefficient (Wildman–Crippen LogP) is 1.48. The van der Waals surface area contributed by atoms with Crippen LogP contribution in [0.3, 0.4) is 0 Å². The van der Waals surface area contributed by atoms with Crippen molar-refractivity contribution in [3.63, 3.8) is 0 Å². The van der Waals surface area contributed by atoms with E-state index in [2.05, 4.69) is 9.88 Å². The van der Waals surface area contributed by atoms with Gasteiger partial charge in [0.2, 0.25) is 0 Å². The summed E-state index contributed by atoms with van der Waals surface area (Å²) in [7, 11) is 0. The van der Waals surface area contributed by atoms with Crippen molar-refractivity contribution in [3.8, 4) is 0 Å². The van der Waals surface area contributed by atoms with Crippen molar-refractivity contribution in [1.82, 2.24) is 14.8 Å². The van der Waals surface area contributed by atoms with Gasteiger partial charge in [-0.3, -0.25) is 19.5 Å². The third kappa shape index (κ3) is 4.71. The maximum absolute atomic E-state index is 13.1. The van der Waals surface area contributed by atoms with Crippen LogP contribution in [0.15, 0.2) is 36.5 Å². The van der Waals surface area contributed by atoms with Crippen LogP contribution < -0.4 is 0 Å². The average Bonchev–Trinajstić information content (AvgIpc) is 3.21. The van der Waals surface area contributed by atoms with Crippen LogP contribution in [0.5, 0.6) is 0 Å². The first-order chi connectivity index (χ1) is 15.1. The van der Waals surface area contributed by atoms with E-state index < -0.39 is 0 Å². The molecule has 2 aliphatic heterocycles. The molecule has 3 fully saturated rings. The number of amides is 1. The summed E-state index contributed by atoms with van der Waals surface area (Å²) in [5, 5.41) is 18.6. The Morgan fingerprint density at radius 2 is 1.81 bits per heavy atom. The van der Waals surface area contributed by atoms with Gasteiger partial charge in [0.05, 0.1) is 30.4 Å². The topological polar surface area (TPSA) is 103 Å². The van der Waals surface area contributed by atoms with Crippen LogP contribution in [0, 0.1) is 11.8 Å². The fourth-order valence-corrected chi connectivity index (χ4v) is 5.25. The summed E-state index contributed by atoms with van der Waals surface area (Å²) in [4.78, 5) is 30.2. The smallest absolute Gasteiger partial charge is 0.290 e. The second-order valence-corrected chi connectivity index (χ2v) is 8.51. The molecule has 1 aliphatic carbocycles. The highest BCUT2D eigenvalue weighted by molar-refractivity contribution is 5.97. The van der Waals surface area contributed by atoms with Gasteiger partial charge in [0, 0.05) is 43.8 Å². The van der Waals surface area contributed by atoms with Crippen LogP contribution in [0.25, 0.3) is 10.9 Å². The van der Waals surface area contributed by atoms with Gasteiger partial charge in [-0.05, 0) is 36.8 Å². The molecule has 0 radical (unpaired) electrons. The molecule has 1 amide bonds. The summed E-state index contributed by atoms with van der Waals surface area (Å²) in [6, 6.07) is 10.0. The maximum Gasteiger partial charge on any atom is 0.290 e. The Labute approximate surface area is 181 Å². The fourth-order valence-electron chi connectivity index (χ4n) is 5.25. The molecule has 2 N–H and O–H groups in total. The van der Waals surface area contributed by atoms with Crippen LogP contribution in [-0.4, -0.2) is 88.9 Å². The third-order valence-electron chi connectivity index (χ3n) is 6.75. The normalized spacial score (nSPS) is 28.5. The van der Waals surface area contributed by atoms with Gasteiger partial charge >= 0.3 is 0 Å². The highest BCUT2D eigenvalue weighted by Gasteiger charge is 2.44. The SMILES string of the molecule is O=C(c1cnc2ccccc2c1)N1C[C@H]2C[C@@H](N3CCOCC3)[C@H](O)C[C@H]2C1.O=CO. The number of hydrogen-bond acceptors (Lipinski definition) is 6. The number of hydrogen-bond donors (Lipinski definition) is 2.